The first-order valence-electron chi connectivity index (χ1n) is 5.88. The van der Waals surface area contributed by atoms with E-state index in [1.807, 2.05) is 0 Å². The van der Waals surface area contributed by atoms with Crippen LogP contribution in [0.2, 0.25) is 0 Å². The lowest BCUT2D eigenvalue weighted by molar-refractivity contribution is -0.118. The van der Waals surface area contributed by atoms with E-state index in [4.69, 9.17) is 11.0 Å². The fourth-order valence-electron chi connectivity index (χ4n) is 1.58. The van der Waals surface area contributed by atoms with Gasteiger partial charge in [-0.25, -0.2) is 0 Å². The molecule has 0 aliphatic rings. The van der Waals surface area contributed by atoms with Gasteiger partial charge < -0.3 is 5.73 Å². The van der Waals surface area contributed by atoms with E-state index < -0.39 is 0 Å². The molecule has 0 aliphatic heterocycles. The SMILES string of the molecule is CCCCCCCC(C#N)CCC(N)=O. The summed E-state index contributed by atoms with van der Waals surface area (Å²) in [6, 6.07) is 2.24. The molecule has 1 atom stereocenters. The summed E-state index contributed by atoms with van der Waals surface area (Å²) < 4.78 is 0. The fraction of sp³-hybridized carbons (Fsp3) is 0.833. The summed E-state index contributed by atoms with van der Waals surface area (Å²) in [7, 11) is 0. The van der Waals surface area contributed by atoms with E-state index in [1.165, 1.54) is 25.7 Å². The Morgan fingerprint density at radius 1 is 1.27 bits per heavy atom. The molecule has 3 heteroatoms. The van der Waals surface area contributed by atoms with E-state index >= 15 is 0 Å². The molecule has 0 radical (unpaired) electrons. The first-order chi connectivity index (χ1) is 7.20. The van der Waals surface area contributed by atoms with Crippen molar-refractivity contribution in [2.75, 3.05) is 0 Å². The molecule has 0 aliphatic carbocycles. The molecule has 15 heavy (non-hydrogen) atoms. The summed E-state index contributed by atoms with van der Waals surface area (Å²) in [5.41, 5.74) is 5.04. The standard InChI is InChI=1S/C12H22N2O/c1-2-3-4-5-6-7-11(10-13)8-9-12(14)15/h11H,2-9H2,1H3,(H2,14,15). The van der Waals surface area contributed by atoms with E-state index in [1.54, 1.807) is 0 Å². The molecular weight excluding hydrogens is 188 g/mol. The number of carbonyl (C=O) groups excluding carboxylic acids is 1. The molecule has 2 N–H and O–H groups in total. The number of nitrogens with two attached hydrogens (primary N) is 1. The molecule has 1 amide bonds. The third-order valence-corrected chi connectivity index (χ3v) is 2.58. The maximum Gasteiger partial charge on any atom is 0.217 e. The van der Waals surface area contributed by atoms with Gasteiger partial charge in [0.05, 0.1) is 6.07 Å². The first-order valence-corrected chi connectivity index (χ1v) is 5.88. The van der Waals surface area contributed by atoms with Crippen molar-refractivity contribution in [2.24, 2.45) is 11.7 Å². The summed E-state index contributed by atoms with van der Waals surface area (Å²) >= 11 is 0. The van der Waals surface area contributed by atoms with Crippen molar-refractivity contribution in [3.05, 3.63) is 0 Å². The molecule has 0 aromatic rings. The minimum absolute atomic E-state index is 0.0131. The first kappa shape index (κ1) is 14.0. The average Bonchev–Trinajstić information content (AvgIpc) is 2.22. The Morgan fingerprint density at radius 3 is 2.47 bits per heavy atom. The van der Waals surface area contributed by atoms with Crippen molar-refractivity contribution in [1.29, 1.82) is 5.26 Å². The average molecular weight is 210 g/mol. The van der Waals surface area contributed by atoms with Crippen LogP contribution in [0, 0.1) is 17.2 Å². The molecule has 0 fully saturated rings. The minimum Gasteiger partial charge on any atom is -0.370 e. The van der Waals surface area contributed by atoms with Gasteiger partial charge >= 0.3 is 0 Å². The van der Waals surface area contributed by atoms with E-state index in [9.17, 15) is 4.79 Å². The zero-order chi connectivity index (χ0) is 11.5. The third kappa shape index (κ3) is 9.27. The van der Waals surface area contributed by atoms with Gasteiger partial charge in [-0.05, 0) is 12.8 Å². The number of carbonyl (C=O) groups is 1. The second-order valence-corrected chi connectivity index (χ2v) is 4.03. The monoisotopic (exact) mass is 210 g/mol. The number of rotatable bonds is 9. The molecule has 0 heterocycles. The maximum atomic E-state index is 10.5. The number of primary amides is 1. The number of amides is 1. The molecule has 1 unspecified atom stereocenters. The van der Waals surface area contributed by atoms with Crippen LogP contribution >= 0.6 is 0 Å². The van der Waals surface area contributed by atoms with E-state index in [-0.39, 0.29) is 11.8 Å². The van der Waals surface area contributed by atoms with Crippen LogP contribution in [0.3, 0.4) is 0 Å². The van der Waals surface area contributed by atoms with Gasteiger partial charge in [0.2, 0.25) is 5.91 Å². The van der Waals surface area contributed by atoms with Crippen LogP contribution < -0.4 is 5.73 Å². The lowest BCUT2D eigenvalue weighted by Gasteiger charge is -2.06. The summed E-state index contributed by atoms with van der Waals surface area (Å²) in [5, 5.41) is 8.84. The van der Waals surface area contributed by atoms with Crippen molar-refractivity contribution in [2.45, 2.75) is 58.3 Å². The van der Waals surface area contributed by atoms with Crippen molar-refractivity contribution in [3.63, 3.8) is 0 Å². The smallest absolute Gasteiger partial charge is 0.217 e. The highest BCUT2D eigenvalue weighted by molar-refractivity contribution is 5.73. The van der Waals surface area contributed by atoms with Crippen LogP contribution in [0.4, 0.5) is 0 Å². The zero-order valence-electron chi connectivity index (χ0n) is 9.67. The summed E-state index contributed by atoms with van der Waals surface area (Å²) in [6.45, 7) is 2.19. The van der Waals surface area contributed by atoms with Gasteiger partial charge in [0.25, 0.3) is 0 Å². The topological polar surface area (TPSA) is 66.9 Å². The molecular formula is C12H22N2O. The number of nitrogens with zero attached hydrogens (tertiary/aromatic N) is 1. The van der Waals surface area contributed by atoms with Gasteiger partial charge in [0.15, 0.2) is 0 Å². The number of hydrogen-bond donors (Lipinski definition) is 1. The largest absolute Gasteiger partial charge is 0.370 e. The van der Waals surface area contributed by atoms with Gasteiger partial charge in [-0.3, -0.25) is 4.79 Å². The second kappa shape index (κ2) is 9.51. The van der Waals surface area contributed by atoms with Crippen molar-refractivity contribution in [3.8, 4) is 6.07 Å². The van der Waals surface area contributed by atoms with Crippen molar-refractivity contribution in [1.82, 2.24) is 0 Å². The highest BCUT2D eigenvalue weighted by Crippen LogP contribution is 2.15. The lowest BCUT2D eigenvalue weighted by atomic mass is 9.97. The van der Waals surface area contributed by atoms with Gasteiger partial charge in [0, 0.05) is 12.3 Å². The predicted molar refractivity (Wildman–Crippen MR) is 60.9 cm³/mol. The third-order valence-electron chi connectivity index (χ3n) is 2.58. The van der Waals surface area contributed by atoms with Crippen LogP contribution in [-0.2, 0) is 4.79 Å². The maximum absolute atomic E-state index is 10.5. The molecule has 3 nitrogen and oxygen atoms in total. The van der Waals surface area contributed by atoms with E-state index in [2.05, 4.69) is 13.0 Å². The van der Waals surface area contributed by atoms with Gasteiger partial charge in [-0.1, -0.05) is 39.0 Å². The van der Waals surface area contributed by atoms with Gasteiger partial charge in [-0.15, -0.1) is 0 Å². The van der Waals surface area contributed by atoms with Crippen molar-refractivity contribution >= 4 is 5.91 Å². The van der Waals surface area contributed by atoms with Gasteiger partial charge in [-0.2, -0.15) is 5.26 Å². The zero-order valence-corrected chi connectivity index (χ0v) is 9.67. The Morgan fingerprint density at radius 2 is 1.93 bits per heavy atom. The van der Waals surface area contributed by atoms with E-state index in [0.29, 0.717) is 12.8 Å². The van der Waals surface area contributed by atoms with Crippen LogP contribution in [0.1, 0.15) is 58.3 Å². The van der Waals surface area contributed by atoms with Crippen LogP contribution in [0.5, 0.6) is 0 Å². The molecule has 0 bridgehead atoms. The minimum atomic E-state index is -0.304. The molecule has 0 aromatic carbocycles. The Hall–Kier alpha value is -1.04. The molecule has 0 saturated carbocycles. The van der Waals surface area contributed by atoms with Crippen LogP contribution in [-0.4, -0.2) is 5.91 Å². The van der Waals surface area contributed by atoms with E-state index in [0.717, 1.165) is 12.8 Å². The Bertz CT molecular complexity index is 208. The highest BCUT2D eigenvalue weighted by atomic mass is 16.1. The van der Waals surface area contributed by atoms with Crippen LogP contribution in [0.25, 0.3) is 0 Å². The van der Waals surface area contributed by atoms with Crippen LogP contribution in [0.15, 0.2) is 0 Å². The summed E-state index contributed by atoms with van der Waals surface area (Å²) in [5.74, 6) is -0.291. The highest BCUT2D eigenvalue weighted by Gasteiger charge is 2.08. The Labute approximate surface area is 92.6 Å². The summed E-state index contributed by atoms with van der Waals surface area (Å²) in [4.78, 5) is 10.5. The quantitative estimate of drug-likeness (QED) is 0.594. The number of unbranched alkanes of at least 4 members (excludes halogenated alkanes) is 4. The molecule has 0 aromatic heterocycles. The Kier molecular flexibility index (Phi) is 8.85. The number of nitriles is 1. The molecule has 0 saturated heterocycles. The molecule has 0 spiro atoms. The van der Waals surface area contributed by atoms with Gasteiger partial charge in [0.1, 0.15) is 0 Å². The lowest BCUT2D eigenvalue weighted by Crippen LogP contribution is -2.12. The van der Waals surface area contributed by atoms with Crippen molar-refractivity contribution < 1.29 is 4.79 Å². The Balaban J connectivity index is 3.45. The second-order valence-electron chi connectivity index (χ2n) is 4.03. The predicted octanol–water partition coefficient (Wildman–Crippen LogP) is 2.75. The number of hydrogen-bond acceptors (Lipinski definition) is 2. The summed E-state index contributed by atoms with van der Waals surface area (Å²) in [6.07, 6.45) is 7.94. The molecule has 86 valence electrons. The molecule has 0 rings (SSSR count). The fourth-order valence-corrected chi connectivity index (χ4v) is 1.58. The normalized spacial score (nSPS) is 12.0.